The Hall–Kier alpha value is -1.86. The number of rotatable bonds is 6. The maximum absolute atomic E-state index is 13.7. The lowest BCUT2D eigenvalue weighted by Crippen LogP contribution is -2.55. The van der Waals surface area contributed by atoms with E-state index in [0.29, 0.717) is 12.8 Å². The standard InChI is InChI=1S/C23H33F2NO9S/c1-22(2,3)26-15-16-13(19(26)27)14(21(29)33-11-23(24,25)36(30,31)32)17(34-16)18(15)35-20(28)12-9-7-5-4-6-8-10-12/h12-18H,4-11H2,1-3H3,(H,30,31,32). The highest BCUT2D eigenvalue weighted by molar-refractivity contribution is 7.86. The first-order valence-electron chi connectivity index (χ1n) is 12.4. The van der Waals surface area contributed by atoms with Gasteiger partial charge in [0.15, 0.2) is 12.7 Å². The molecule has 1 amide bonds. The molecule has 4 aliphatic rings. The average Bonchev–Trinajstić information content (AvgIpc) is 3.33. The monoisotopic (exact) mass is 537 g/mol. The van der Waals surface area contributed by atoms with Crippen molar-refractivity contribution in [1.29, 1.82) is 0 Å². The Kier molecular flexibility index (Phi) is 7.15. The highest BCUT2D eigenvalue weighted by atomic mass is 32.2. The lowest BCUT2D eigenvalue weighted by molar-refractivity contribution is -0.168. The number of ether oxygens (including phenoxy) is 3. The van der Waals surface area contributed by atoms with Gasteiger partial charge in [-0.25, -0.2) is 0 Å². The van der Waals surface area contributed by atoms with Crippen LogP contribution in [0.3, 0.4) is 0 Å². The van der Waals surface area contributed by atoms with Gasteiger partial charge in [0.1, 0.15) is 12.0 Å². The molecule has 6 unspecified atom stereocenters. The summed E-state index contributed by atoms with van der Waals surface area (Å²) in [6.45, 7) is 3.45. The van der Waals surface area contributed by atoms with Crippen LogP contribution in [-0.4, -0.2) is 77.5 Å². The van der Waals surface area contributed by atoms with E-state index in [9.17, 15) is 31.6 Å². The highest BCUT2D eigenvalue weighted by Crippen LogP contribution is 2.54. The van der Waals surface area contributed by atoms with E-state index in [-0.39, 0.29) is 5.92 Å². The van der Waals surface area contributed by atoms with Crippen LogP contribution in [0.4, 0.5) is 8.78 Å². The lowest BCUT2D eigenvalue weighted by atomic mass is 9.78. The number of carbonyl (C=O) groups is 3. The summed E-state index contributed by atoms with van der Waals surface area (Å²) in [5, 5.41) is -4.72. The predicted octanol–water partition coefficient (Wildman–Crippen LogP) is 2.31. The second-order valence-electron chi connectivity index (χ2n) is 11.2. The minimum absolute atomic E-state index is 0.320. The fourth-order valence-corrected chi connectivity index (χ4v) is 6.26. The van der Waals surface area contributed by atoms with E-state index in [0.717, 1.165) is 32.1 Å². The minimum Gasteiger partial charge on any atom is -0.458 e. The Morgan fingerprint density at radius 3 is 2.19 bits per heavy atom. The minimum atomic E-state index is -5.81. The van der Waals surface area contributed by atoms with Crippen LogP contribution >= 0.6 is 0 Å². The molecule has 0 aromatic carbocycles. The molecule has 204 valence electrons. The maximum atomic E-state index is 13.7. The fourth-order valence-electron chi connectivity index (χ4n) is 6.05. The van der Waals surface area contributed by atoms with E-state index >= 15 is 0 Å². The first-order valence-corrected chi connectivity index (χ1v) is 13.8. The smallest absolute Gasteiger partial charge is 0.402 e. The SMILES string of the molecule is CC(C)(C)N1C(=O)C2C3OC(C(OC(=O)C4CCCCCCC4)C31)C2C(=O)OCC(F)(F)S(=O)(=O)O. The predicted molar refractivity (Wildman–Crippen MR) is 119 cm³/mol. The average molecular weight is 538 g/mol. The molecule has 2 bridgehead atoms. The van der Waals surface area contributed by atoms with Gasteiger partial charge < -0.3 is 19.1 Å². The van der Waals surface area contributed by atoms with Gasteiger partial charge in [-0.05, 0) is 33.6 Å². The zero-order valence-corrected chi connectivity index (χ0v) is 21.3. The Morgan fingerprint density at radius 1 is 1.06 bits per heavy atom. The Bertz CT molecular complexity index is 1000. The van der Waals surface area contributed by atoms with Crippen LogP contribution in [0.5, 0.6) is 0 Å². The zero-order chi connectivity index (χ0) is 26.6. The second-order valence-corrected chi connectivity index (χ2v) is 12.7. The number of alkyl halides is 2. The van der Waals surface area contributed by atoms with E-state index < -0.39 is 81.6 Å². The van der Waals surface area contributed by atoms with E-state index in [1.54, 1.807) is 20.8 Å². The van der Waals surface area contributed by atoms with Gasteiger partial charge in [0.25, 0.3) is 0 Å². The molecule has 3 saturated heterocycles. The van der Waals surface area contributed by atoms with Crippen molar-refractivity contribution in [2.45, 2.75) is 101 Å². The molecule has 1 N–H and O–H groups in total. The van der Waals surface area contributed by atoms with E-state index in [2.05, 4.69) is 4.74 Å². The lowest BCUT2D eigenvalue weighted by Gasteiger charge is -2.39. The fraction of sp³-hybridized carbons (Fsp3) is 0.870. The summed E-state index contributed by atoms with van der Waals surface area (Å²) < 4.78 is 74.2. The van der Waals surface area contributed by atoms with Crippen molar-refractivity contribution in [2.75, 3.05) is 6.61 Å². The van der Waals surface area contributed by atoms with Crippen LogP contribution in [0.15, 0.2) is 0 Å². The molecule has 3 heterocycles. The normalized spacial score (nSPS) is 33.4. The summed E-state index contributed by atoms with van der Waals surface area (Å²) in [6.07, 6.45) is 3.38. The molecular formula is C23H33F2NO9S. The van der Waals surface area contributed by atoms with Crippen molar-refractivity contribution in [3.63, 3.8) is 0 Å². The zero-order valence-electron chi connectivity index (χ0n) is 20.5. The number of carbonyl (C=O) groups excluding carboxylic acids is 3. The molecule has 6 atom stereocenters. The molecule has 1 aliphatic carbocycles. The summed E-state index contributed by atoms with van der Waals surface area (Å²) in [4.78, 5) is 41.0. The van der Waals surface area contributed by atoms with Gasteiger partial charge in [0, 0.05) is 5.54 Å². The number of fused-ring (bicyclic) bond motifs is 1. The van der Waals surface area contributed by atoms with Gasteiger partial charge in [-0.2, -0.15) is 17.2 Å². The van der Waals surface area contributed by atoms with E-state index in [4.69, 9.17) is 14.0 Å². The molecule has 4 fully saturated rings. The molecule has 10 nitrogen and oxygen atoms in total. The van der Waals surface area contributed by atoms with Crippen LogP contribution in [0, 0.1) is 17.8 Å². The summed E-state index contributed by atoms with van der Waals surface area (Å²) in [5.74, 6) is -4.88. The largest absolute Gasteiger partial charge is 0.458 e. The van der Waals surface area contributed by atoms with Crippen LogP contribution in [0.2, 0.25) is 0 Å². The number of hydrogen-bond acceptors (Lipinski definition) is 8. The third-order valence-electron chi connectivity index (χ3n) is 7.67. The van der Waals surface area contributed by atoms with Crippen molar-refractivity contribution in [3.05, 3.63) is 0 Å². The van der Waals surface area contributed by atoms with Gasteiger partial charge in [0.2, 0.25) is 5.91 Å². The van der Waals surface area contributed by atoms with Gasteiger partial charge in [-0.3, -0.25) is 18.9 Å². The number of amides is 1. The molecule has 0 aromatic rings. The molecule has 0 spiro atoms. The third kappa shape index (κ3) is 4.73. The van der Waals surface area contributed by atoms with Crippen molar-refractivity contribution < 1.29 is 50.3 Å². The topological polar surface area (TPSA) is 137 Å². The number of nitrogens with zero attached hydrogens (tertiary/aromatic N) is 1. The molecule has 0 radical (unpaired) electrons. The molecule has 4 rings (SSSR count). The summed E-state index contributed by atoms with van der Waals surface area (Å²) in [6, 6.07) is -0.645. The first-order chi connectivity index (χ1) is 16.6. The Balaban J connectivity index is 1.57. The van der Waals surface area contributed by atoms with Gasteiger partial charge in [0.05, 0.1) is 24.0 Å². The molecule has 3 aliphatic heterocycles. The maximum Gasteiger partial charge on any atom is 0.402 e. The van der Waals surface area contributed by atoms with Crippen molar-refractivity contribution in [2.24, 2.45) is 17.8 Å². The second kappa shape index (κ2) is 9.46. The summed E-state index contributed by atoms with van der Waals surface area (Å²) >= 11 is 0. The molecule has 13 heteroatoms. The van der Waals surface area contributed by atoms with E-state index in [1.807, 2.05) is 0 Å². The van der Waals surface area contributed by atoms with Gasteiger partial charge in [-0.1, -0.05) is 32.1 Å². The van der Waals surface area contributed by atoms with Crippen LogP contribution in [-0.2, 0) is 38.7 Å². The summed E-state index contributed by atoms with van der Waals surface area (Å²) in [5.41, 5.74) is -0.714. The van der Waals surface area contributed by atoms with Crippen molar-refractivity contribution >= 4 is 28.0 Å². The number of hydrogen-bond donors (Lipinski definition) is 1. The highest BCUT2D eigenvalue weighted by Gasteiger charge is 2.74. The van der Waals surface area contributed by atoms with Crippen molar-refractivity contribution in [3.8, 4) is 0 Å². The van der Waals surface area contributed by atoms with Gasteiger partial charge in [-0.15, -0.1) is 0 Å². The Labute approximate surface area is 208 Å². The first kappa shape index (κ1) is 27.2. The van der Waals surface area contributed by atoms with Crippen LogP contribution in [0.25, 0.3) is 0 Å². The summed E-state index contributed by atoms with van der Waals surface area (Å²) in [7, 11) is -5.81. The number of esters is 2. The van der Waals surface area contributed by atoms with Gasteiger partial charge >= 0.3 is 27.3 Å². The molecular weight excluding hydrogens is 504 g/mol. The quantitative estimate of drug-likeness (QED) is 0.400. The molecule has 1 saturated carbocycles. The Morgan fingerprint density at radius 2 is 1.64 bits per heavy atom. The van der Waals surface area contributed by atoms with Crippen LogP contribution < -0.4 is 0 Å². The third-order valence-corrected chi connectivity index (χ3v) is 8.54. The molecule has 36 heavy (non-hydrogen) atoms. The van der Waals surface area contributed by atoms with E-state index in [1.165, 1.54) is 4.90 Å². The van der Waals surface area contributed by atoms with Crippen LogP contribution in [0.1, 0.15) is 65.7 Å². The molecule has 0 aromatic heterocycles. The number of halogens is 2. The van der Waals surface area contributed by atoms with Crippen molar-refractivity contribution in [1.82, 2.24) is 4.90 Å². The number of likely N-dealkylation sites (tertiary alicyclic amines) is 1.